The van der Waals surface area contributed by atoms with Gasteiger partial charge in [-0.1, -0.05) is 38.3 Å². The average molecular weight is 530 g/mol. The molecule has 4 aliphatic rings. The minimum atomic E-state index is -0.962. The van der Waals surface area contributed by atoms with Crippen LogP contribution in [-0.2, 0) is 19.1 Å². The molecule has 1 N–H and O–H groups in total. The summed E-state index contributed by atoms with van der Waals surface area (Å²) in [7, 11) is 0. The summed E-state index contributed by atoms with van der Waals surface area (Å²) in [5, 5.41) is 9.26. The van der Waals surface area contributed by atoms with Gasteiger partial charge in [-0.3, -0.25) is 14.4 Å². The van der Waals surface area contributed by atoms with Gasteiger partial charge in [0.25, 0.3) is 0 Å². The first-order valence-electron chi connectivity index (χ1n) is 14.8. The SMILES string of the molecule is C=CCN(CCC)C(=O)[C@@H]1[C@@H]2CCC3(O2)C(C(=O)N(CC=C)C2CCCCC2)N(CCCCCO)C(=O)[C@H]13. The number of likely N-dealkylation sites (tertiary alicyclic amines) is 1. The lowest BCUT2D eigenvalue weighted by atomic mass is 9.70. The second-order valence-electron chi connectivity index (χ2n) is 11.5. The Morgan fingerprint density at radius 3 is 2.47 bits per heavy atom. The first kappa shape index (κ1) is 28.8. The first-order chi connectivity index (χ1) is 18.4. The summed E-state index contributed by atoms with van der Waals surface area (Å²) in [4.78, 5) is 48.0. The quantitative estimate of drug-likeness (QED) is 0.276. The molecule has 212 valence electrons. The lowest BCUT2D eigenvalue weighted by molar-refractivity contribution is -0.150. The molecule has 1 spiro atoms. The maximum Gasteiger partial charge on any atom is 0.248 e. The topological polar surface area (TPSA) is 90.4 Å². The van der Waals surface area contributed by atoms with E-state index in [0.717, 1.165) is 38.5 Å². The Bertz CT molecular complexity index is 887. The molecule has 1 aliphatic carbocycles. The molecular weight excluding hydrogens is 482 g/mol. The zero-order valence-electron chi connectivity index (χ0n) is 23.2. The fourth-order valence-corrected chi connectivity index (χ4v) is 7.56. The molecule has 3 amide bonds. The van der Waals surface area contributed by atoms with Gasteiger partial charge in [0.05, 0.1) is 17.9 Å². The number of fused-ring (bicyclic) bond motifs is 1. The number of aliphatic hydroxyl groups is 1. The molecule has 3 aliphatic heterocycles. The molecule has 2 bridgehead atoms. The number of amides is 3. The predicted octanol–water partition coefficient (Wildman–Crippen LogP) is 3.30. The Kier molecular flexibility index (Phi) is 9.69. The molecule has 0 aromatic carbocycles. The van der Waals surface area contributed by atoms with Crippen molar-refractivity contribution in [3.05, 3.63) is 25.3 Å². The third kappa shape index (κ3) is 5.18. The maximum atomic E-state index is 14.5. The van der Waals surface area contributed by atoms with Gasteiger partial charge in [0.2, 0.25) is 17.7 Å². The van der Waals surface area contributed by atoms with Gasteiger partial charge in [0.1, 0.15) is 11.6 Å². The smallest absolute Gasteiger partial charge is 0.248 e. The molecular formula is C30H47N3O5. The van der Waals surface area contributed by atoms with Crippen LogP contribution in [0, 0.1) is 11.8 Å². The largest absolute Gasteiger partial charge is 0.396 e. The Hall–Kier alpha value is -2.19. The highest BCUT2D eigenvalue weighted by atomic mass is 16.5. The van der Waals surface area contributed by atoms with Crippen LogP contribution in [0.3, 0.4) is 0 Å². The Balaban J connectivity index is 1.68. The summed E-state index contributed by atoms with van der Waals surface area (Å²) in [6.45, 7) is 11.8. The van der Waals surface area contributed by atoms with E-state index in [1.54, 1.807) is 22.0 Å². The van der Waals surface area contributed by atoms with E-state index in [-0.39, 0.29) is 36.5 Å². The van der Waals surface area contributed by atoms with Crippen molar-refractivity contribution in [3.8, 4) is 0 Å². The molecule has 4 rings (SSSR count). The van der Waals surface area contributed by atoms with Crippen LogP contribution in [0.1, 0.15) is 77.6 Å². The molecule has 2 unspecified atom stereocenters. The van der Waals surface area contributed by atoms with Crippen molar-refractivity contribution in [3.63, 3.8) is 0 Å². The molecule has 8 heteroatoms. The molecule has 8 nitrogen and oxygen atoms in total. The number of ether oxygens (including phenoxy) is 1. The number of unbranched alkanes of at least 4 members (excludes halogenated alkanes) is 2. The van der Waals surface area contributed by atoms with Crippen LogP contribution in [0.4, 0.5) is 0 Å². The van der Waals surface area contributed by atoms with Crippen LogP contribution in [0.2, 0.25) is 0 Å². The molecule has 0 aromatic rings. The van der Waals surface area contributed by atoms with Crippen molar-refractivity contribution >= 4 is 17.7 Å². The van der Waals surface area contributed by atoms with Crippen molar-refractivity contribution in [2.45, 2.75) is 101 Å². The van der Waals surface area contributed by atoms with Crippen LogP contribution in [0.5, 0.6) is 0 Å². The number of aliphatic hydroxyl groups excluding tert-OH is 1. The highest BCUT2D eigenvalue weighted by Gasteiger charge is 2.74. The fraction of sp³-hybridized carbons (Fsp3) is 0.767. The number of hydrogen-bond donors (Lipinski definition) is 1. The second kappa shape index (κ2) is 12.8. The van der Waals surface area contributed by atoms with E-state index in [9.17, 15) is 19.5 Å². The molecule has 4 fully saturated rings. The Labute approximate surface area is 228 Å². The fourth-order valence-electron chi connectivity index (χ4n) is 7.56. The van der Waals surface area contributed by atoms with E-state index in [0.29, 0.717) is 51.9 Å². The van der Waals surface area contributed by atoms with E-state index in [2.05, 4.69) is 13.2 Å². The van der Waals surface area contributed by atoms with Crippen molar-refractivity contribution in [1.82, 2.24) is 14.7 Å². The van der Waals surface area contributed by atoms with Gasteiger partial charge in [-0.2, -0.15) is 0 Å². The third-order valence-electron chi connectivity index (χ3n) is 9.16. The molecule has 38 heavy (non-hydrogen) atoms. The minimum absolute atomic E-state index is 0.0553. The Morgan fingerprint density at radius 2 is 1.82 bits per heavy atom. The average Bonchev–Trinajstić information content (AvgIpc) is 3.57. The second-order valence-corrected chi connectivity index (χ2v) is 11.5. The van der Waals surface area contributed by atoms with Crippen LogP contribution < -0.4 is 0 Å². The van der Waals surface area contributed by atoms with E-state index in [4.69, 9.17) is 4.74 Å². The zero-order valence-corrected chi connectivity index (χ0v) is 23.2. The maximum absolute atomic E-state index is 14.5. The first-order valence-corrected chi connectivity index (χ1v) is 14.8. The van der Waals surface area contributed by atoms with Gasteiger partial charge in [0.15, 0.2) is 0 Å². The molecule has 1 saturated carbocycles. The number of carbonyl (C=O) groups excluding carboxylic acids is 3. The number of nitrogens with zero attached hydrogens (tertiary/aromatic N) is 3. The van der Waals surface area contributed by atoms with E-state index < -0.39 is 23.5 Å². The zero-order chi connectivity index (χ0) is 27.3. The molecule has 0 radical (unpaired) electrons. The third-order valence-corrected chi connectivity index (χ3v) is 9.16. The van der Waals surface area contributed by atoms with Crippen LogP contribution in [0.15, 0.2) is 25.3 Å². The van der Waals surface area contributed by atoms with Gasteiger partial charge < -0.3 is 24.5 Å². The monoisotopic (exact) mass is 529 g/mol. The molecule has 0 aromatic heterocycles. The van der Waals surface area contributed by atoms with Gasteiger partial charge in [-0.25, -0.2) is 0 Å². The number of carbonyl (C=O) groups is 3. The summed E-state index contributed by atoms with van der Waals surface area (Å²) in [5.41, 5.74) is -0.962. The summed E-state index contributed by atoms with van der Waals surface area (Å²) in [5.74, 6) is -1.44. The van der Waals surface area contributed by atoms with Crippen LogP contribution in [0.25, 0.3) is 0 Å². The van der Waals surface area contributed by atoms with Gasteiger partial charge in [0, 0.05) is 38.8 Å². The van der Waals surface area contributed by atoms with Crippen molar-refractivity contribution in [2.24, 2.45) is 11.8 Å². The Morgan fingerprint density at radius 1 is 1.08 bits per heavy atom. The van der Waals surface area contributed by atoms with Crippen LogP contribution in [-0.4, -0.2) is 94.1 Å². The van der Waals surface area contributed by atoms with E-state index in [1.165, 1.54) is 6.42 Å². The van der Waals surface area contributed by atoms with Crippen LogP contribution >= 0.6 is 0 Å². The molecule has 3 saturated heterocycles. The van der Waals surface area contributed by atoms with E-state index >= 15 is 0 Å². The summed E-state index contributed by atoms with van der Waals surface area (Å²) in [6.07, 6.45) is 12.7. The molecule has 5 atom stereocenters. The lowest BCUT2D eigenvalue weighted by Gasteiger charge is -2.40. The normalized spacial score (nSPS) is 30.4. The van der Waals surface area contributed by atoms with Gasteiger partial charge in [-0.05, 0) is 51.4 Å². The van der Waals surface area contributed by atoms with Gasteiger partial charge >= 0.3 is 0 Å². The highest BCUT2D eigenvalue weighted by Crippen LogP contribution is 2.59. The summed E-state index contributed by atoms with van der Waals surface area (Å²) in [6, 6.07) is -0.586. The number of rotatable bonds is 14. The summed E-state index contributed by atoms with van der Waals surface area (Å²) >= 11 is 0. The minimum Gasteiger partial charge on any atom is -0.396 e. The standard InChI is InChI=1S/C30H47N3O5/c1-4-17-31(18-5-2)27(35)24-23-15-16-30(38-23)25(24)28(36)33(20-11-8-12-21-34)26(30)29(37)32(19-6-3)22-13-9-7-10-14-22/h4,6,22-26,34H,1,3,5,7-21H2,2H3/t23-,24+,25-,26?,30?/m0/s1. The highest BCUT2D eigenvalue weighted by molar-refractivity contribution is 5.99. The van der Waals surface area contributed by atoms with Crippen molar-refractivity contribution in [2.75, 3.05) is 32.8 Å². The summed E-state index contributed by atoms with van der Waals surface area (Å²) < 4.78 is 6.65. The lowest BCUT2D eigenvalue weighted by Crippen LogP contribution is -2.58. The molecule has 3 heterocycles. The predicted molar refractivity (Wildman–Crippen MR) is 146 cm³/mol. The van der Waals surface area contributed by atoms with Gasteiger partial charge in [-0.15, -0.1) is 13.2 Å². The van der Waals surface area contributed by atoms with Crippen molar-refractivity contribution in [1.29, 1.82) is 0 Å². The van der Waals surface area contributed by atoms with E-state index in [1.807, 2.05) is 11.8 Å². The van der Waals surface area contributed by atoms with Crippen molar-refractivity contribution < 1.29 is 24.2 Å². The number of hydrogen-bond acceptors (Lipinski definition) is 5.